The fraction of sp³-hybridized carbons (Fsp3) is 1.00. The lowest BCUT2D eigenvalue weighted by Gasteiger charge is -2.51. The molecular formula is C50H86N6. The Morgan fingerprint density at radius 3 is 1.55 bits per heavy atom. The Bertz CT molecular complexity index is 1210. The Balaban J connectivity index is 0.781. The summed E-state index contributed by atoms with van der Waals surface area (Å²) in [6.45, 7) is 7.86. The summed E-state index contributed by atoms with van der Waals surface area (Å²) in [4.78, 5) is 12.9. The quantitative estimate of drug-likeness (QED) is 0.270. The summed E-state index contributed by atoms with van der Waals surface area (Å²) < 4.78 is 0. The molecule has 0 amide bonds. The van der Waals surface area contributed by atoms with Crippen LogP contribution in [0.15, 0.2) is 0 Å². The topological polar surface area (TPSA) is 37.0 Å². The molecule has 6 nitrogen and oxygen atoms in total. The first-order chi connectivity index (χ1) is 27.8. The molecule has 0 bridgehead atoms. The molecule has 11 atom stereocenters. The Morgan fingerprint density at radius 1 is 0.357 bits per heavy atom. The lowest BCUT2D eigenvalue weighted by Crippen LogP contribution is -2.55. The molecular weight excluding hydrogens is 685 g/mol. The van der Waals surface area contributed by atoms with Crippen LogP contribution in [0, 0.1) is 35.5 Å². The van der Waals surface area contributed by atoms with Gasteiger partial charge in [-0.25, -0.2) is 0 Å². The van der Waals surface area contributed by atoms with Gasteiger partial charge in [0, 0.05) is 60.4 Å². The maximum absolute atomic E-state index is 3.77. The molecule has 0 spiro atoms. The van der Waals surface area contributed by atoms with Gasteiger partial charge in [0.1, 0.15) is 0 Å². The highest BCUT2D eigenvalue weighted by Gasteiger charge is 2.55. The lowest BCUT2D eigenvalue weighted by atomic mass is 9.68. The van der Waals surface area contributed by atoms with Crippen molar-refractivity contribution in [1.29, 1.82) is 0 Å². The van der Waals surface area contributed by atoms with Crippen molar-refractivity contribution in [2.24, 2.45) is 35.5 Å². The molecule has 6 heteroatoms. The van der Waals surface area contributed by atoms with Crippen molar-refractivity contribution in [2.75, 3.05) is 39.3 Å². The van der Waals surface area contributed by atoms with Crippen LogP contribution in [-0.4, -0.2) is 119 Å². The fourth-order valence-corrected chi connectivity index (χ4v) is 18.0. The number of hydrogen-bond acceptors (Lipinski definition) is 6. The SMILES string of the molecule is C1CCC(N(C2CCCCC2)C2CCC3C(C2)C2CCCCC2N3C2CCC(C3CC(N4CCC5CNCCC54)CC(N4CCC5CNCCC54)C3)CC2)CC1. The van der Waals surface area contributed by atoms with Crippen LogP contribution in [0.5, 0.6) is 0 Å². The summed E-state index contributed by atoms with van der Waals surface area (Å²) in [6, 6.07) is 8.94. The van der Waals surface area contributed by atoms with Gasteiger partial charge < -0.3 is 10.6 Å². The third kappa shape index (κ3) is 7.45. The minimum Gasteiger partial charge on any atom is -0.316 e. The lowest BCUT2D eigenvalue weighted by molar-refractivity contribution is -0.0131. The zero-order valence-electron chi connectivity index (χ0n) is 36.1. The van der Waals surface area contributed by atoms with Crippen LogP contribution in [-0.2, 0) is 0 Å². The molecule has 11 rings (SSSR count). The van der Waals surface area contributed by atoms with E-state index in [1.807, 2.05) is 0 Å². The average molecular weight is 771 g/mol. The van der Waals surface area contributed by atoms with Crippen LogP contribution in [0.2, 0.25) is 0 Å². The van der Waals surface area contributed by atoms with Crippen molar-refractivity contribution in [3.63, 3.8) is 0 Å². The average Bonchev–Trinajstić information content (AvgIpc) is 3.99. The Labute approximate surface area is 344 Å². The van der Waals surface area contributed by atoms with Crippen molar-refractivity contribution in [3.8, 4) is 0 Å². The highest BCUT2D eigenvalue weighted by molar-refractivity contribution is 5.09. The minimum absolute atomic E-state index is 0.852. The van der Waals surface area contributed by atoms with Gasteiger partial charge in [0.05, 0.1) is 0 Å². The second kappa shape index (κ2) is 17.3. The fourth-order valence-electron chi connectivity index (χ4n) is 18.0. The molecule has 0 aromatic rings. The molecule has 5 heterocycles. The summed E-state index contributed by atoms with van der Waals surface area (Å²) >= 11 is 0. The van der Waals surface area contributed by atoms with E-state index >= 15 is 0 Å². The summed E-state index contributed by atoms with van der Waals surface area (Å²) in [7, 11) is 0. The van der Waals surface area contributed by atoms with Gasteiger partial charge >= 0.3 is 0 Å². The number of nitrogens with zero attached hydrogens (tertiary/aromatic N) is 4. The smallest absolute Gasteiger partial charge is 0.0151 e. The number of hydrogen-bond donors (Lipinski definition) is 2. The Morgan fingerprint density at radius 2 is 0.929 bits per heavy atom. The summed E-state index contributed by atoms with van der Waals surface area (Å²) in [5.41, 5.74) is 0. The number of fused-ring (bicyclic) bond motifs is 5. The summed E-state index contributed by atoms with van der Waals surface area (Å²) in [5, 5.41) is 7.55. The molecule has 6 aliphatic carbocycles. The molecule has 0 radical (unpaired) electrons. The monoisotopic (exact) mass is 771 g/mol. The minimum atomic E-state index is 0.852. The third-order valence-corrected chi connectivity index (χ3v) is 20.3. The summed E-state index contributed by atoms with van der Waals surface area (Å²) in [5.74, 6) is 5.83. The van der Waals surface area contributed by atoms with E-state index in [9.17, 15) is 0 Å². The Kier molecular flexibility index (Phi) is 11.9. The van der Waals surface area contributed by atoms with Crippen molar-refractivity contribution in [3.05, 3.63) is 0 Å². The van der Waals surface area contributed by atoms with Crippen molar-refractivity contribution in [2.45, 2.75) is 240 Å². The molecule has 11 fully saturated rings. The van der Waals surface area contributed by atoms with E-state index in [1.165, 1.54) is 193 Å². The van der Waals surface area contributed by atoms with E-state index in [1.54, 1.807) is 25.7 Å². The van der Waals surface area contributed by atoms with E-state index in [4.69, 9.17) is 0 Å². The van der Waals surface area contributed by atoms with E-state index in [-0.39, 0.29) is 0 Å². The summed E-state index contributed by atoms with van der Waals surface area (Å²) in [6.07, 6.45) is 42.2. The number of nitrogens with one attached hydrogen (secondary N) is 2. The first-order valence-corrected chi connectivity index (χ1v) is 26.2. The van der Waals surface area contributed by atoms with Crippen molar-refractivity contribution in [1.82, 2.24) is 30.2 Å². The van der Waals surface area contributed by atoms with Gasteiger partial charge in [0.25, 0.3) is 0 Å². The predicted octanol–water partition coefficient (Wildman–Crippen LogP) is 8.83. The van der Waals surface area contributed by atoms with Crippen LogP contribution < -0.4 is 10.6 Å². The maximum Gasteiger partial charge on any atom is 0.0151 e. The van der Waals surface area contributed by atoms with E-state index < -0.39 is 0 Å². The normalized spacial score (nSPS) is 47.7. The highest BCUT2D eigenvalue weighted by Crippen LogP contribution is 2.54. The second-order valence-electron chi connectivity index (χ2n) is 22.7. The van der Waals surface area contributed by atoms with Crippen LogP contribution in [0.1, 0.15) is 180 Å². The molecule has 11 aliphatic rings. The molecule has 11 unspecified atom stereocenters. The van der Waals surface area contributed by atoms with E-state index in [2.05, 4.69) is 30.2 Å². The Hall–Kier alpha value is -0.240. The second-order valence-corrected chi connectivity index (χ2v) is 22.7. The molecule has 0 aromatic heterocycles. The maximum atomic E-state index is 3.77. The van der Waals surface area contributed by atoms with Gasteiger partial charge in [-0.2, -0.15) is 0 Å². The van der Waals surface area contributed by atoms with Gasteiger partial charge in [-0.05, 0) is 203 Å². The predicted molar refractivity (Wildman–Crippen MR) is 231 cm³/mol. The van der Waals surface area contributed by atoms with Gasteiger partial charge in [-0.1, -0.05) is 51.4 Å². The van der Waals surface area contributed by atoms with Crippen LogP contribution in [0.4, 0.5) is 0 Å². The molecule has 2 N–H and O–H groups in total. The molecule has 316 valence electrons. The number of rotatable bonds is 7. The standard InChI is InChI=1S/C50H86N6/c1-3-9-39(10-4-1)55(40-11-5-2-6-12-40)42-19-20-50-46(32-42)45-13-7-8-14-49(45)56(50)41-17-15-35(16-18-41)38-29-43(53-27-23-36-33-51-25-21-47(36)53)31-44(30-38)54-28-24-37-34-52-26-22-48(37)54/h35-52H,1-34H2. The van der Waals surface area contributed by atoms with Gasteiger partial charge in [-0.3, -0.25) is 19.6 Å². The number of likely N-dealkylation sites (tertiary alicyclic amines) is 3. The van der Waals surface area contributed by atoms with Crippen molar-refractivity contribution < 1.29 is 0 Å². The van der Waals surface area contributed by atoms with Crippen LogP contribution in [0.25, 0.3) is 0 Å². The van der Waals surface area contributed by atoms with Crippen molar-refractivity contribution >= 4 is 0 Å². The molecule has 5 saturated heterocycles. The first kappa shape index (κ1) is 38.7. The van der Waals surface area contributed by atoms with Gasteiger partial charge in [-0.15, -0.1) is 0 Å². The molecule has 56 heavy (non-hydrogen) atoms. The highest BCUT2D eigenvalue weighted by atomic mass is 15.3. The first-order valence-electron chi connectivity index (χ1n) is 26.2. The van der Waals surface area contributed by atoms with Crippen LogP contribution in [0.3, 0.4) is 0 Å². The van der Waals surface area contributed by atoms with Gasteiger partial charge in [0.15, 0.2) is 0 Å². The largest absolute Gasteiger partial charge is 0.316 e. The molecule has 0 aromatic carbocycles. The molecule has 5 aliphatic heterocycles. The third-order valence-electron chi connectivity index (χ3n) is 20.3. The van der Waals surface area contributed by atoms with Crippen LogP contribution >= 0.6 is 0 Å². The number of piperidine rings is 2. The molecule has 6 saturated carbocycles. The zero-order valence-corrected chi connectivity index (χ0v) is 36.1. The van der Waals surface area contributed by atoms with Gasteiger partial charge in [0.2, 0.25) is 0 Å². The zero-order chi connectivity index (χ0) is 37.0. The van der Waals surface area contributed by atoms with E-state index in [0.717, 1.165) is 95.9 Å². The van der Waals surface area contributed by atoms with E-state index in [0.29, 0.717) is 0 Å².